The fraction of sp³-hybridized carbons (Fsp3) is 0.462. The van der Waals surface area contributed by atoms with Crippen molar-refractivity contribution in [1.82, 2.24) is 4.98 Å². The first-order valence-electron chi connectivity index (χ1n) is 6.38. The van der Waals surface area contributed by atoms with Crippen LogP contribution in [0.2, 0.25) is 0 Å². The topological polar surface area (TPSA) is 97.8 Å². The Kier molecular flexibility index (Phi) is 4.52. The molecule has 20 heavy (non-hydrogen) atoms. The van der Waals surface area contributed by atoms with Crippen molar-refractivity contribution < 1.29 is 24.2 Å². The van der Waals surface area contributed by atoms with E-state index in [1.165, 1.54) is 0 Å². The van der Waals surface area contributed by atoms with E-state index in [0.29, 0.717) is 31.0 Å². The van der Waals surface area contributed by atoms with Crippen LogP contribution < -0.4 is 10.1 Å². The summed E-state index contributed by atoms with van der Waals surface area (Å²) in [6.07, 6.45) is 0.607. The Morgan fingerprint density at radius 1 is 1.50 bits per heavy atom. The number of ether oxygens (including phenoxy) is 2. The zero-order chi connectivity index (χ0) is 14.5. The monoisotopic (exact) mass is 280 g/mol. The van der Waals surface area contributed by atoms with Gasteiger partial charge in [-0.2, -0.15) is 0 Å². The van der Waals surface area contributed by atoms with E-state index < -0.39 is 18.2 Å². The SMILES string of the molecule is CCOc1ncccc1NC(=O)C1CCC(C(=O)O)O1. The van der Waals surface area contributed by atoms with Gasteiger partial charge in [-0.05, 0) is 31.9 Å². The number of pyridine rings is 1. The van der Waals surface area contributed by atoms with Crippen LogP contribution >= 0.6 is 0 Å². The fourth-order valence-electron chi connectivity index (χ4n) is 1.96. The molecular formula is C13H16N2O5. The number of hydrogen-bond donors (Lipinski definition) is 2. The van der Waals surface area contributed by atoms with Crippen LogP contribution in [-0.2, 0) is 14.3 Å². The van der Waals surface area contributed by atoms with Crippen molar-refractivity contribution in [3.63, 3.8) is 0 Å². The minimum atomic E-state index is -1.04. The highest BCUT2D eigenvalue weighted by atomic mass is 16.5. The molecule has 1 aliphatic rings. The van der Waals surface area contributed by atoms with E-state index in [0.717, 1.165) is 0 Å². The van der Waals surface area contributed by atoms with E-state index in [2.05, 4.69) is 10.3 Å². The number of nitrogens with zero attached hydrogens (tertiary/aromatic N) is 1. The molecule has 0 bridgehead atoms. The van der Waals surface area contributed by atoms with Crippen LogP contribution in [0.4, 0.5) is 5.69 Å². The Bertz CT molecular complexity index is 505. The summed E-state index contributed by atoms with van der Waals surface area (Å²) in [7, 11) is 0. The van der Waals surface area contributed by atoms with Gasteiger partial charge >= 0.3 is 5.97 Å². The number of nitrogens with one attached hydrogen (secondary N) is 1. The maximum absolute atomic E-state index is 12.0. The fourth-order valence-corrected chi connectivity index (χ4v) is 1.96. The molecule has 0 aromatic carbocycles. The van der Waals surface area contributed by atoms with Crippen LogP contribution in [-0.4, -0.2) is 40.8 Å². The van der Waals surface area contributed by atoms with Crippen molar-refractivity contribution >= 4 is 17.6 Å². The molecule has 0 radical (unpaired) electrons. The summed E-state index contributed by atoms with van der Waals surface area (Å²) in [5.41, 5.74) is 0.446. The zero-order valence-electron chi connectivity index (χ0n) is 11.0. The summed E-state index contributed by atoms with van der Waals surface area (Å²) in [4.78, 5) is 26.8. The van der Waals surface area contributed by atoms with Gasteiger partial charge in [-0.15, -0.1) is 0 Å². The van der Waals surface area contributed by atoms with Gasteiger partial charge in [-0.25, -0.2) is 9.78 Å². The van der Waals surface area contributed by atoms with Gasteiger partial charge in [-0.1, -0.05) is 0 Å². The highest BCUT2D eigenvalue weighted by Gasteiger charge is 2.34. The van der Waals surface area contributed by atoms with Crippen LogP contribution in [0.5, 0.6) is 5.88 Å². The number of aliphatic carboxylic acids is 1. The molecule has 1 aliphatic heterocycles. The number of carbonyl (C=O) groups excluding carboxylic acids is 1. The first-order valence-corrected chi connectivity index (χ1v) is 6.38. The minimum Gasteiger partial charge on any atom is -0.479 e. The summed E-state index contributed by atoms with van der Waals surface area (Å²) < 4.78 is 10.5. The second-order valence-electron chi connectivity index (χ2n) is 4.31. The smallest absolute Gasteiger partial charge is 0.332 e. The molecule has 1 saturated heterocycles. The molecule has 0 spiro atoms. The summed E-state index contributed by atoms with van der Waals surface area (Å²) in [5.74, 6) is -1.10. The molecule has 0 aliphatic carbocycles. The van der Waals surface area contributed by atoms with Gasteiger partial charge in [0.2, 0.25) is 5.88 Å². The van der Waals surface area contributed by atoms with Crippen LogP contribution in [0.15, 0.2) is 18.3 Å². The second-order valence-corrected chi connectivity index (χ2v) is 4.31. The normalized spacial score (nSPS) is 21.4. The minimum absolute atomic E-state index is 0.330. The molecule has 1 aromatic rings. The number of carboxylic acids is 1. The number of carbonyl (C=O) groups is 2. The van der Waals surface area contributed by atoms with Crippen LogP contribution in [0.25, 0.3) is 0 Å². The lowest BCUT2D eigenvalue weighted by Crippen LogP contribution is -2.30. The zero-order valence-corrected chi connectivity index (χ0v) is 11.0. The number of hydrogen-bond acceptors (Lipinski definition) is 5. The number of rotatable bonds is 5. The Morgan fingerprint density at radius 3 is 2.90 bits per heavy atom. The third-order valence-corrected chi connectivity index (χ3v) is 2.90. The van der Waals surface area contributed by atoms with Gasteiger partial charge in [-0.3, -0.25) is 4.79 Å². The molecule has 2 N–H and O–H groups in total. The first-order chi connectivity index (χ1) is 9.61. The van der Waals surface area contributed by atoms with Gasteiger partial charge < -0.3 is 19.9 Å². The Labute approximate surface area is 115 Å². The third-order valence-electron chi connectivity index (χ3n) is 2.90. The molecule has 2 atom stereocenters. The lowest BCUT2D eigenvalue weighted by molar-refractivity contribution is -0.150. The molecular weight excluding hydrogens is 264 g/mol. The number of aromatic nitrogens is 1. The van der Waals surface area contributed by atoms with Crippen molar-refractivity contribution in [2.45, 2.75) is 32.0 Å². The predicted octanol–water partition coefficient (Wildman–Crippen LogP) is 1.05. The maximum Gasteiger partial charge on any atom is 0.332 e. The summed E-state index contributed by atoms with van der Waals surface area (Å²) in [5, 5.41) is 11.5. The average Bonchev–Trinajstić information content (AvgIpc) is 2.91. The molecule has 0 saturated carbocycles. The van der Waals surface area contributed by atoms with Gasteiger partial charge in [0.25, 0.3) is 5.91 Å². The second kappa shape index (κ2) is 6.33. The highest BCUT2D eigenvalue weighted by molar-refractivity contribution is 5.95. The summed E-state index contributed by atoms with van der Waals surface area (Å²) in [6.45, 7) is 2.25. The first kappa shape index (κ1) is 14.3. The van der Waals surface area contributed by atoms with E-state index in [9.17, 15) is 9.59 Å². The highest BCUT2D eigenvalue weighted by Crippen LogP contribution is 2.24. The molecule has 1 amide bonds. The number of anilines is 1. The van der Waals surface area contributed by atoms with Crippen molar-refractivity contribution in [2.24, 2.45) is 0 Å². The Balaban J connectivity index is 2.00. The van der Waals surface area contributed by atoms with Crippen molar-refractivity contribution in [3.8, 4) is 5.88 Å². The lowest BCUT2D eigenvalue weighted by atomic mass is 10.2. The van der Waals surface area contributed by atoms with Crippen molar-refractivity contribution in [2.75, 3.05) is 11.9 Å². The Morgan fingerprint density at radius 2 is 2.25 bits per heavy atom. The van der Waals surface area contributed by atoms with Crippen molar-refractivity contribution in [3.05, 3.63) is 18.3 Å². The van der Waals surface area contributed by atoms with Crippen LogP contribution in [0.1, 0.15) is 19.8 Å². The van der Waals surface area contributed by atoms with Crippen LogP contribution in [0, 0.1) is 0 Å². The largest absolute Gasteiger partial charge is 0.479 e. The van der Waals surface area contributed by atoms with Gasteiger partial charge in [0.15, 0.2) is 6.10 Å². The lowest BCUT2D eigenvalue weighted by Gasteiger charge is -2.13. The summed E-state index contributed by atoms with van der Waals surface area (Å²) in [6, 6.07) is 3.34. The molecule has 1 aromatic heterocycles. The molecule has 7 nitrogen and oxygen atoms in total. The van der Waals surface area contributed by atoms with Gasteiger partial charge in [0.1, 0.15) is 11.8 Å². The van der Waals surface area contributed by atoms with E-state index in [-0.39, 0.29) is 5.91 Å². The average molecular weight is 280 g/mol. The van der Waals surface area contributed by atoms with Gasteiger partial charge in [0.05, 0.1) is 6.61 Å². The Hall–Kier alpha value is -2.15. The third kappa shape index (κ3) is 3.24. The molecule has 1 fully saturated rings. The quantitative estimate of drug-likeness (QED) is 0.836. The molecule has 7 heteroatoms. The number of carboxylic acid groups (broad SMARTS) is 1. The molecule has 108 valence electrons. The van der Waals surface area contributed by atoms with E-state index in [1.54, 1.807) is 18.3 Å². The molecule has 2 unspecified atom stereocenters. The van der Waals surface area contributed by atoms with E-state index >= 15 is 0 Å². The van der Waals surface area contributed by atoms with E-state index in [1.807, 2.05) is 6.92 Å². The number of amides is 1. The molecule has 2 heterocycles. The predicted molar refractivity (Wildman–Crippen MR) is 69.6 cm³/mol. The summed E-state index contributed by atoms with van der Waals surface area (Å²) >= 11 is 0. The van der Waals surface area contributed by atoms with Crippen LogP contribution in [0.3, 0.4) is 0 Å². The van der Waals surface area contributed by atoms with Gasteiger partial charge in [0, 0.05) is 6.20 Å². The maximum atomic E-state index is 12.0. The standard InChI is InChI=1S/C13H16N2O5/c1-2-19-12-8(4-3-7-14-12)15-11(16)9-5-6-10(20-9)13(17)18/h3-4,7,9-10H,2,5-6H2,1H3,(H,15,16)(H,17,18). The van der Waals surface area contributed by atoms with E-state index in [4.69, 9.17) is 14.6 Å². The van der Waals surface area contributed by atoms with Crippen molar-refractivity contribution in [1.29, 1.82) is 0 Å². The molecule has 2 rings (SSSR count).